The highest BCUT2D eigenvalue weighted by atomic mass is 32.1. The third-order valence-electron chi connectivity index (χ3n) is 10.5. The zero-order chi connectivity index (χ0) is 31.3. The summed E-state index contributed by atoms with van der Waals surface area (Å²) in [7, 11) is 0. The SMILES string of the molecule is c1ccc2cc(C3Nc4ccc5ccccc5c4NC3n3c4ccccc4c4cc5sc6c7ccccc7ccc6c5cc43)ccc2c1. The number of anilines is 2. The van der Waals surface area contributed by atoms with Crippen molar-refractivity contribution in [2.24, 2.45) is 0 Å². The van der Waals surface area contributed by atoms with Gasteiger partial charge in [-0.05, 0) is 62.8 Å². The molecule has 1 aliphatic rings. The number of nitrogens with zero attached hydrogens (tertiary/aromatic N) is 1. The molecule has 2 N–H and O–H groups in total. The summed E-state index contributed by atoms with van der Waals surface area (Å²) in [5.74, 6) is 0. The van der Waals surface area contributed by atoms with E-state index in [1.165, 1.54) is 79.9 Å². The zero-order valence-electron chi connectivity index (χ0n) is 25.9. The smallest absolute Gasteiger partial charge is 0.129 e. The van der Waals surface area contributed by atoms with Crippen molar-refractivity contribution >= 4 is 97.0 Å². The molecule has 0 aliphatic carbocycles. The van der Waals surface area contributed by atoms with Crippen LogP contribution >= 0.6 is 11.3 Å². The van der Waals surface area contributed by atoms with Crippen LogP contribution in [0.4, 0.5) is 11.4 Å². The molecule has 8 aromatic carbocycles. The molecule has 4 heteroatoms. The molecule has 0 saturated heterocycles. The Labute approximate surface area is 280 Å². The Morgan fingerprint density at radius 2 is 1.15 bits per heavy atom. The van der Waals surface area contributed by atoms with Crippen molar-refractivity contribution in [2.75, 3.05) is 10.6 Å². The second-order valence-electron chi connectivity index (χ2n) is 13.0. The molecule has 10 aromatic rings. The van der Waals surface area contributed by atoms with Crippen LogP contribution < -0.4 is 10.6 Å². The monoisotopic (exact) mass is 631 g/mol. The fraction of sp³-hybridized carbons (Fsp3) is 0.0455. The summed E-state index contributed by atoms with van der Waals surface area (Å²) < 4.78 is 5.25. The average Bonchev–Trinajstić information content (AvgIpc) is 3.68. The average molecular weight is 632 g/mol. The normalized spacial score (nSPS) is 16.2. The van der Waals surface area contributed by atoms with Crippen LogP contribution in [0.1, 0.15) is 17.8 Å². The van der Waals surface area contributed by atoms with Gasteiger partial charge in [0.15, 0.2) is 0 Å². The second-order valence-corrected chi connectivity index (χ2v) is 14.1. The molecule has 3 nitrogen and oxygen atoms in total. The molecule has 226 valence electrons. The van der Waals surface area contributed by atoms with Crippen LogP contribution in [-0.2, 0) is 0 Å². The number of thiophene rings is 1. The molecule has 3 heterocycles. The van der Waals surface area contributed by atoms with Gasteiger partial charge in [-0.3, -0.25) is 0 Å². The Bertz CT molecular complexity index is 2930. The predicted molar refractivity (Wildman–Crippen MR) is 207 cm³/mol. The fourth-order valence-corrected chi connectivity index (χ4v) is 9.46. The molecule has 48 heavy (non-hydrogen) atoms. The van der Waals surface area contributed by atoms with E-state index >= 15 is 0 Å². The number of rotatable bonds is 2. The first-order valence-corrected chi connectivity index (χ1v) is 17.4. The van der Waals surface area contributed by atoms with E-state index in [-0.39, 0.29) is 12.2 Å². The fourth-order valence-electron chi connectivity index (χ4n) is 8.20. The maximum atomic E-state index is 4.13. The van der Waals surface area contributed by atoms with Crippen LogP contribution in [-0.4, -0.2) is 4.57 Å². The van der Waals surface area contributed by atoms with Gasteiger partial charge >= 0.3 is 0 Å². The van der Waals surface area contributed by atoms with E-state index in [1.54, 1.807) is 0 Å². The first-order valence-electron chi connectivity index (χ1n) is 16.6. The Hall–Kier alpha value is -5.84. The van der Waals surface area contributed by atoms with E-state index in [2.05, 4.69) is 167 Å². The first kappa shape index (κ1) is 26.3. The molecule has 2 aromatic heterocycles. The van der Waals surface area contributed by atoms with Gasteiger partial charge in [0, 0.05) is 36.3 Å². The van der Waals surface area contributed by atoms with E-state index in [1.807, 2.05) is 11.3 Å². The summed E-state index contributed by atoms with van der Waals surface area (Å²) >= 11 is 1.91. The molecular weight excluding hydrogens is 603 g/mol. The van der Waals surface area contributed by atoms with Crippen molar-refractivity contribution in [3.63, 3.8) is 0 Å². The quantitative estimate of drug-likeness (QED) is 0.199. The molecule has 0 fully saturated rings. The molecule has 2 atom stereocenters. The minimum Gasteiger partial charge on any atom is -0.373 e. The number of para-hydroxylation sites is 1. The minimum atomic E-state index is -0.102. The van der Waals surface area contributed by atoms with Gasteiger partial charge in [-0.2, -0.15) is 0 Å². The lowest BCUT2D eigenvalue weighted by atomic mass is 9.95. The van der Waals surface area contributed by atoms with Gasteiger partial charge in [-0.15, -0.1) is 11.3 Å². The first-order chi connectivity index (χ1) is 23.8. The van der Waals surface area contributed by atoms with E-state index in [9.17, 15) is 0 Å². The van der Waals surface area contributed by atoms with Crippen molar-refractivity contribution in [1.29, 1.82) is 0 Å². The second kappa shape index (κ2) is 9.83. The van der Waals surface area contributed by atoms with E-state index in [0.29, 0.717) is 0 Å². The van der Waals surface area contributed by atoms with E-state index in [0.717, 1.165) is 11.4 Å². The largest absolute Gasteiger partial charge is 0.373 e. The van der Waals surface area contributed by atoms with Crippen LogP contribution in [0, 0.1) is 0 Å². The summed E-state index contributed by atoms with van der Waals surface area (Å²) in [4.78, 5) is 0. The van der Waals surface area contributed by atoms with Crippen LogP contribution in [0.2, 0.25) is 0 Å². The summed E-state index contributed by atoms with van der Waals surface area (Å²) in [6, 6.07) is 55.8. The summed E-state index contributed by atoms with van der Waals surface area (Å²) in [5, 5.41) is 20.9. The van der Waals surface area contributed by atoms with Gasteiger partial charge < -0.3 is 15.2 Å². The number of hydrogen-bond donors (Lipinski definition) is 2. The van der Waals surface area contributed by atoms with Crippen molar-refractivity contribution < 1.29 is 0 Å². The Morgan fingerprint density at radius 3 is 2.02 bits per heavy atom. The summed E-state index contributed by atoms with van der Waals surface area (Å²) in [6.45, 7) is 0. The molecule has 0 amide bonds. The maximum Gasteiger partial charge on any atom is 0.129 e. The lowest BCUT2D eigenvalue weighted by Crippen LogP contribution is -2.34. The van der Waals surface area contributed by atoms with E-state index < -0.39 is 0 Å². The molecule has 0 radical (unpaired) electrons. The number of nitrogens with one attached hydrogen (secondary N) is 2. The number of fused-ring (bicyclic) bond motifs is 12. The Kier molecular flexibility index (Phi) is 5.38. The molecule has 2 unspecified atom stereocenters. The van der Waals surface area contributed by atoms with Crippen molar-refractivity contribution in [3.8, 4) is 0 Å². The predicted octanol–water partition coefficient (Wildman–Crippen LogP) is 12.4. The molecule has 0 spiro atoms. The third-order valence-corrected chi connectivity index (χ3v) is 11.7. The minimum absolute atomic E-state index is 0.0267. The molecule has 0 saturated carbocycles. The molecule has 1 aliphatic heterocycles. The highest BCUT2D eigenvalue weighted by Crippen LogP contribution is 2.48. The van der Waals surface area contributed by atoms with Crippen LogP contribution in [0.25, 0.3) is 74.3 Å². The van der Waals surface area contributed by atoms with E-state index in [4.69, 9.17) is 0 Å². The molecular formula is C44H29N3S. The van der Waals surface area contributed by atoms with Crippen molar-refractivity contribution in [1.82, 2.24) is 4.57 Å². The van der Waals surface area contributed by atoms with Gasteiger partial charge in [0.1, 0.15) is 6.17 Å². The Balaban J connectivity index is 1.21. The maximum absolute atomic E-state index is 4.13. The summed E-state index contributed by atoms with van der Waals surface area (Å²) in [5.41, 5.74) is 6.00. The number of benzene rings is 8. The summed E-state index contributed by atoms with van der Waals surface area (Å²) in [6.07, 6.45) is -0.102. The molecule has 11 rings (SSSR count). The van der Waals surface area contributed by atoms with Gasteiger partial charge in [0.05, 0.1) is 28.5 Å². The standard InChI is InChI=1S/C44H29N3S/c1-2-12-29-23-30(18-17-26(29)9-1)41-44(46-42-31-13-5-3-10-27(31)20-22-37(42)45-41)47-38-16-8-7-15-33(38)35-25-40-36(24-39(35)47)34-21-19-28-11-4-6-14-32(28)43(34)48-40/h1-25,41,44-46H. The molecule has 0 bridgehead atoms. The lowest BCUT2D eigenvalue weighted by Gasteiger charge is -2.39. The van der Waals surface area contributed by atoms with Gasteiger partial charge in [-0.25, -0.2) is 0 Å². The topological polar surface area (TPSA) is 29.0 Å². The van der Waals surface area contributed by atoms with Crippen molar-refractivity contribution in [2.45, 2.75) is 12.2 Å². The lowest BCUT2D eigenvalue weighted by molar-refractivity contribution is 0.507. The zero-order valence-corrected chi connectivity index (χ0v) is 26.8. The van der Waals surface area contributed by atoms with Gasteiger partial charge in [0.2, 0.25) is 0 Å². The highest BCUT2D eigenvalue weighted by Gasteiger charge is 2.33. The Morgan fingerprint density at radius 1 is 0.458 bits per heavy atom. The van der Waals surface area contributed by atoms with Crippen LogP contribution in [0.15, 0.2) is 152 Å². The van der Waals surface area contributed by atoms with Gasteiger partial charge in [-0.1, -0.05) is 121 Å². The van der Waals surface area contributed by atoms with Crippen LogP contribution in [0.3, 0.4) is 0 Å². The van der Waals surface area contributed by atoms with Crippen molar-refractivity contribution in [3.05, 3.63) is 157 Å². The number of aromatic nitrogens is 1. The van der Waals surface area contributed by atoms with Crippen LogP contribution in [0.5, 0.6) is 0 Å². The van der Waals surface area contributed by atoms with Gasteiger partial charge in [0.25, 0.3) is 0 Å². The number of hydrogen-bond acceptors (Lipinski definition) is 3. The highest BCUT2D eigenvalue weighted by molar-refractivity contribution is 7.26. The third kappa shape index (κ3) is 3.69.